The zero-order valence-electron chi connectivity index (χ0n) is 14.1. The third-order valence-corrected chi connectivity index (χ3v) is 4.29. The highest BCUT2D eigenvalue weighted by Crippen LogP contribution is 2.27. The Hall–Kier alpha value is -2.27. The van der Waals surface area contributed by atoms with Crippen molar-refractivity contribution in [1.82, 2.24) is 4.90 Å². The molecule has 1 aromatic carbocycles. The Labute approximate surface area is 145 Å². The third-order valence-electron chi connectivity index (χ3n) is 4.04. The van der Waals surface area contributed by atoms with Crippen LogP contribution in [0.5, 0.6) is 0 Å². The number of aromatic carboxylic acids is 1. The second kappa shape index (κ2) is 6.69. The first-order chi connectivity index (χ1) is 11.1. The van der Waals surface area contributed by atoms with E-state index in [4.69, 9.17) is 21.1 Å². The standard InChI is InChI=1S/C18H20ClNO4/c1-11-15(16(21)22)9-14(24-11)10-20(4)17(23)18(2,3)12-5-7-13(19)8-6-12/h5-9H,10H2,1-4H3,(H,21,22). The number of carbonyl (C=O) groups is 2. The Kier molecular flexibility index (Phi) is 5.04. The molecule has 0 saturated heterocycles. The van der Waals surface area contributed by atoms with E-state index in [1.807, 2.05) is 26.0 Å². The summed E-state index contributed by atoms with van der Waals surface area (Å²) >= 11 is 5.90. The molecule has 5 nitrogen and oxygen atoms in total. The van der Waals surface area contributed by atoms with Crippen LogP contribution in [0.3, 0.4) is 0 Å². The quantitative estimate of drug-likeness (QED) is 0.889. The van der Waals surface area contributed by atoms with Crippen molar-refractivity contribution in [2.24, 2.45) is 0 Å². The number of benzene rings is 1. The van der Waals surface area contributed by atoms with Crippen molar-refractivity contribution in [1.29, 1.82) is 0 Å². The van der Waals surface area contributed by atoms with Crippen LogP contribution in [-0.2, 0) is 16.8 Å². The molecule has 1 heterocycles. The average Bonchev–Trinajstić information content (AvgIpc) is 2.87. The lowest BCUT2D eigenvalue weighted by atomic mass is 9.83. The fourth-order valence-corrected chi connectivity index (χ4v) is 2.73. The van der Waals surface area contributed by atoms with E-state index in [1.165, 1.54) is 11.0 Å². The first-order valence-electron chi connectivity index (χ1n) is 7.47. The lowest BCUT2D eigenvalue weighted by molar-refractivity contribution is -0.135. The summed E-state index contributed by atoms with van der Waals surface area (Å²) in [5.41, 5.74) is 0.227. The van der Waals surface area contributed by atoms with E-state index >= 15 is 0 Å². The van der Waals surface area contributed by atoms with E-state index < -0.39 is 11.4 Å². The number of aryl methyl sites for hydroxylation is 1. The predicted molar refractivity (Wildman–Crippen MR) is 91.4 cm³/mol. The Morgan fingerprint density at radius 3 is 2.33 bits per heavy atom. The van der Waals surface area contributed by atoms with Gasteiger partial charge in [-0.1, -0.05) is 23.7 Å². The fourth-order valence-electron chi connectivity index (χ4n) is 2.61. The molecule has 0 aliphatic carbocycles. The van der Waals surface area contributed by atoms with Crippen LogP contribution in [0.25, 0.3) is 0 Å². The molecule has 1 amide bonds. The van der Waals surface area contributed by atoms with E-state index in [0.29, 0.717) is 16.5 Å². The molecule has 128 valence electrons. The Balaban J connectivity index is 2.18. The molecule has 6 heteroatoms. The van der Waals surface area contributed by atoms with Crippen LogP contribution in [0.4, 0.5) is 0 Å². The van der Waals surface area contributed by atoms with Crippen molar-refractivity contribution in [2.75, 3.05) is 7.05 Å². The van der Waals surface area contributed by atoms with Crippen LogP contribution < -0.4 is 0 Å². The van der Waals surface area contributed by atoms with Gasteiger partial charge in [0.05, 0.1) is 12.0 Å². The maximum Gasteiger partial charge on any atom is 0.339 e. The van der Waals surface area contributed by atoms with Crippen LogP contribution in [0.2, 0.25) is 5.02 Å². The van der Waals surface area contributed by atoms with Crippen LogP contribution >= 0.6 is 11.6 Å². The zero-order valence-corrected chi connectivity index (χ0v) is 14.8. The topological polar surface area (TPSA) is 70.8 Å². The second-order valence-corrected chi connectivity index (χ2v) is 6.72. The molecule has 2 aromatic rings. The van der Waals surface area contributed by atoms with Gasteiger partial charge in [-0.2, -0.15) is 0 Å². The average molecular weight is 350 g/mol. The highest BCUT2D eigenvalue weighted by Gasteiger charge is 2.32. The number of furan rings is 1. The van der Waals surface area contributed by atoms with E-state index in [-0.39, 0.29) is 18.0 Å². The molecule has 1 aromatic heterocycles. The van der Waals surface area contributed by atoms with Gasteiger partial charge < -0.3 is 14.4 Å². The number of carboxylic acid groups (broad SMARTS) is 1. The molecule has 0 aliphatic rings. The Morgan fingerprint density at radius 1 is 1.25 bits per heavy atom. The van der Waals surface area contributed by atoms with Gasteiger partial charge in [0, 0.05) is 12.1 Å². The molecule has 1 N–H and O–H groups in total. The molecule has 0 saturated carbocycles. The summed E-state index contributed by atoms with van der Waals surface area (Å²) in [7, 11) is 1.66. The molecule has 0 bridgehead atoms. The number of likely N-dealkylation sites (N-methyl/N-ethyl adjacent to an activating group) is 1. The van der Waals surface area contributed by atoms with Gasteiger partial charge in [-0.25, -0.2) is 4.79 Å². The summed E-state index contributed by atoms with van der Waals surface area (Å²) in [4.78, 5) is 25.4. The molecule has 0 unspecified atom stereocenters. The van der Waals surface area contributed by atoms with Crippen molar-refractivity contribution in [2.45, 2.75) is 32.7 Å². The number of carbonyl (C=O) groups excluding carboxylic acids is 1. The third kappa shape index (κ3) is 3.62. The van der Waals surface area contributed by atoms with E-state index in [1.54, 1.807) is 26.1 Å². The minimum absolute atomic E-state index is 0.101. The molecule has 0 radical (unpaired) electrons. The highest BCUT2D eigenvalue weighted by molar-refractivity contribution is 6.30. The number of rotatable bonds is 5. The summed E-state index contributed by atoms with van der Waals surface area (Å²) in [6.07, 6.45) is 0. The number of hydrogen-bond acceptors (Lipinski definition) is 3. The Morgan fingerprint density at radius 2 is 1.83 bits per heavy atom. The van der Waals surface area contributed by atoms with Gasteiger partial charge in [0.2, 0.25) is 5.91 Å². The number of hydrogen-bond donors (Lipinski definition) is 1. The normalized spacial score (nSPS) is 11.4. The minimum Gasteiger partial charge on any atom is -0.478 e. The number of halogens is 1. The first-order valence-corrected chi connectivity index (χ1v) is 7.85. The maximum absolute atomic E-state index is 12.8. The summed E-state index contributed by atoms with van der Waals surface area (Å²) in [5, 5.41) is 9.68. The number of amides is 1. The summed E-state index contributed by atoms with van der Waals surface area (Å²) in [6, 6.07) is 8.61. The lowest BCUT2D eigenvalue weighted by Gasteiger charge is -2.29. The molecule has 0 spiro atoms. The molecular weight excluding hydrogens is 330 g/mol. The summed E-state index contributed by atoms with van der Waals surface area (Å²) in [6.45, 7) is 5.46. The largest absolute Gasteiger partial charge is 0.478 e. The van der Waals surface area contributed by atoms with E-state index in [0.717, 1.165) is 5.56 Å². The monoisotopic (exact) mass is 349 g/mol. The van der Waals surface area contributed by atoms with Crippen LogP contribution in [0.1, 0.15) is 41.3 Å². The van der Waals surface area contributed by atoms with Crippen molar-refractivity contribution < 1.29 is 19.1 Å². The van der Waals surface area contributed by atoms with E-state index in [9.17, 15) is 9.59 Å². The SMILES string of the molecule is Cc1oc(CN(C)C(=O)C(C)(C)c2ccc(Cl)cc2)cc1C(=O)O. The maximum atomic E-state index is 12.8. The van der Waals surface area contributed by atoms with Gasteiger partial charge in [-0.15, -0.1) is 0 Å². The first kappa shape index (κ1) is 18.1. The van der Waals surface area contributed by atoms with Crippen molar-refractivity contribution >= 4 is 23.5 Å². The van der Waals surface area contributed by atoms with E-state index in [2.05, 4.69) is 0 Å². The molecule has 0 atom stereocenters. The fraction of sp³-hybridized carbons (Fsp3) is 0.333. The molecule has 0 fully saturated rings. The van der Waals surface area contributed by atoms with Gasteiger partial charge in [0.15, 0.2) is 0 Å². The second-order valence-electron chi connectivity index (χ2n) is 6.28. The van der Waals surface area contributed by atoms with Gasteiger partial charge in [-0.3, -0.25) is 4.79 Å². The molecule has 2 rings (SSSR count). The summed E-state index contributed by atoms with van der Waals surface area (Å²) in [5.74, 6) is -0.378. The van der Waals surface area contributed by atoms with Crippen molar-refractivity contribution in [3.05, 3.63) is 58.0 Å². The zero-order chi connectivity index (χ0) is 18.1. The Bertz CT molecular complexity index is 762. The molecule has 0 aliphatic heterocycles. The minimum atomic E-state index is -1.04. The van der Waals surface area contributed by atoms with Gasteiger partial charge in [0.25, 0.3) is 0 Å². The number of carboxylic acids is 1. The van der Waals surface area contributed by atoms with Crippen molar-refractivity contribution in [3.8, 4) is 0 Å². The number of nitrogens with zero attached hydrogens (tertiary/aromatic N) is 1. The van der Waals surface area contributed by atoms with Crippen LogP contribution in [0, 0.1) is 6.92 Å². The van der Waals surface area contributed by atoms with Crippen LogP contribution in [0.15, 0.2) is 34.7 Å². The smallest absolute Gasteiger partial charge is 0.339 e. The van der Waals surface area contributed by atoms with Crippen molar-refractivity contribution in [3.63, 3.8) is 0 Å². The predicted octanol–water partition coefficient (Wildman–Crippen LogP) is 3.88. The lowest BCUT2D eigenvalue weighted by Crippen LogP contribution is -2.40. The van der Waals surface area contributed by atoms with Gasteiger partial charge >= 0.3 is 5.97 Å². The van der Waals surface area contributed by atoms with Crippen LogP contribution in [-0.4, -0.2) is 28.9 Å². The van der Waals surface area contributed by atoms with Gasteiger partial charge in [0.1, 0.15) is 17.1 Å². The summed E-state index contributed by atoms with van der Waals surface area (Å²) < 4.78 is 5.44. The highest BCUT2D eigenvalue weighted by atomic mass is 35.5. The molecular formula is C18H20ClNO4. The molecule has 24 heavy (non-hydrogen) atoms. The van der Waals surface area contributed by atoms with Gasteiger partial charge in [-0.05, 0) is 44.5 Å².